The Morgan fingerprint density at radius 2 is 2.17 bits per heavy atom. The first-order valence-corrected chi connectivity index (χ1v) is 3.72. The van der Waals surface area contributed by atoms with Gasteiger partial charge in [-0.1, -0.05) is 12.2 Å². The lowest BCUT2D eigenvalue weighted by Gasteiger charge is -2.02. The van der Waals surface area contributed by atoms with Gasteiger partial charge in [0.2, 0.25) is 0 Å². The second-order valence-corrected chi connectivity index (χ2v) is 2.81. The fourth-order valence-electron chi connectivity index (χ4n) is 1.56. The van der Waals surface area contributed by atoms with E-state index in [0.717, 1.165) is 5.57 Å². The smallest absolute Gasteiger partial charge is 0.131 e. The van der Waals surface area contributed by atoms with Crippen molar-refractivity contribution in [2.75, 3.05) is 0 Å². The lowest BCUT2D eigenvalue weighted by atomic mass is 9.97. The normalized spacial score (nSPS) is 30.0. The van der Waals surface area contributed by atoms with Crippen LogP contribution in [0, 0.1) is 22.7 Å². The second kappa shape index (κ2) is 2.48. The number of hydrogen-bond acceptors (Lipinski definition) is 3. The minimum Gasteiger partial charge on any atom is -0.362 e. The average Bonchev–Trinajstić information content (AvgIpc) is 2.67. The molecule has 0 aliphatic carbocycles. The van der Waals surface area contributed by atoms with Crippen molar-refractivity contribution in [2.45, 2.75) is 18.6 Å². The molecule has 2 atom stereocenters. The van der Waals surface area contributed by atoms with Crippen molar-refractivity contribution < 1.29 is 4.74 Å². The van der Waals surface area contributed by atoms with Gasteiger partial charge in [-0.25, -0.2) is 0 Å². The van der Waals surface area contributed by atoms with Crippen LogP contribution in [0.25, 0.3) is 0 Å². The summed E-state index contributed by atoms with van der Waals surface area (Å²) in [6, 6.07) is 3.77. The van der Waals surface area contributed by atoms with Crippen molar-refractivity contribution in [3.63, 3.8) is 0 Å². The summed E-state index contributed by atoms with van der Waals surface area (Å²) in [5.74, 6) is 0. The van der Waals surface area contributed by atoms with E-state index in [4.69, 9.17) is 15.3 Å². The van der Waals surface area contributed by atoms with Gasteiger partial charge in [0.1, 0.15) is 17.7 Å². The van der Waals surface area contributed by atoms with Crippen LogP contribution < -0.4 is 0 Å². The SMILES string of the molecule is N#CC(C#N)=C1CC2C=CC1O2. The Balaban J connectivity index is 2.40. The molecule has 12 heavy (non-hydrogen) atoms. The van der Waals surface area contributed by atoms with Crippen molar-refractivity contribution in [1.29, 1.82) is 10.5 Å². The van der Waals surface area contributed by atoms with Crippen LogP contribution in [0.2, 0.25) is 0 Å². The Morgan fingerprint density at radius 1 is 1.42 bits per heavy atom. The summed E-state index contributed by atoms with van der Waals surface area (Å²) in [6.07, 6.45) is 4.57. The highest BCUT2D eigenvalue weighted by atomic mass is 16.5. The van der Waals surface area contributed by atoms with Crippen molar-refractivity contribution >= 4 is 0 Å². The van der Waals surface area contributed by atoms with Gasteiger partial charge in [0.15, 0.2) is 0 Å². The van der Waals surface area contributed by atoms with Gasteiger partial charge in [0, 0.05) is 6.42 Å². The van der Waals surface area contributed by atoms with Crippen LogP contribution in [0.5, 0.6) is 0 Å². The number of nitrogens with zero attached hydrogens (tertiary/aromatic N) is 2. The average molecular weight is 158 g/mol. The van der Waals surface area contributed by atoms with Crippen LogP contribution in [0.1, 0.15) is 6.42 Å². The van der Waals surface area contributed by atoms with Crippen LogP contribution in [0.15, 0.2) is 23.3 Å². The van der Waals surface area contributed by atoms with Crippen molar-refractivity contribution in [3.05, 3.63) is 23.3 Å². The molecule has 2 unspecified atom stereocenters. The fraction of sp³-hybridized carbons (Fsp3) is 0.333. The van der Waals surface area contributed by atoms with E-state index in [1.807, 2.05) is 24.3 Å². The van der Waals surface area contributed by atoms with Gasteiger partial charge in [-0.05, 0) is 5.57 Å². The van der Waals surface area contributed by atoms with Crippen LogP contribution in [-0.4, -0.2) is 12.2 Å². The lowest BCUT2D eigenvalue weighted by Crippen LogP contribution is -2.02. The zero-order valence-corrected chi connectivity index (χ0v) is 6.32. The molecule has 2 aliphatic rings. The predicted molar refractivity (Wildman–Crippen MR) is 40.7 cm³/mol. The van der Waals surface area contributed by atoms with E-state index >= 15 is 0 Å². The topological polar surface area (TPSA) is 56.8 Å². The van der Waals surface area contributed by atoms with Crippen LogP contribution in [-0.2, 0) is 4.74 Å². The standard InChI is InChI=1S/C9H6N2O/c10-4-6(5-11)8-3-7-1-2-9(8)12-7/h1-2,7,9H,3H2. The number of rotatable bonds is 0. The van der Waals surface area contributed by atoms with Gasteiger partial charge in [-0.3, -0.25) is 0 Å². The van der Waals surface area contributed by atoms with Gasteiger partial charge in [-0.15, -0.1) is 0 Å². The number of fused-ring (bicyclic) bond motifs is 2. The Morgan fingerprint density at radius 3 is 2.58 bits per heavy atom. The molecular formula is C9H6N2O. The molecule has 0 amide bonds. The molecule has 0 spiro atoms. The van der Waals surface area contributed by atoms with E-state index in [1.54, 1.807) is 0 Å². The van der Waals surface area contributed by atoms with Gasteiger partial charge in [0.05, 0.1) is 12.2 Å². The van der Waals surface area contributed by atoms with E-state index < -0.39 is 0 Å². The summed E-state index contributed by atoms with van der Waals surface area (Å²) in [5.41, 5.74) is 1.05. The predicted octanol–water partition coefficient (Wildman–Crippen LogP) is 1.06. The largest absolute Gasteiger partial charge is 0.362 e. The first kappa shape index (κ1) is 7.09. The monoisotopic (exact) mass is 158 g/mol. The number of allylic oxidation sites excluding steroid dienone is 1. The first-order valence-electron chi connectivity index (χ1n) is 3.72. The molecule has 2 heterocycles. The van der Waals surface area contributed by atoms with Crippen molar-refractivity contribution in [2.24, 2.45) is 0 Å². The highest BCUT2D eigenvalue weighted by Gasteiger charge is 2.33. The van der Waals surface area contributed by atoms with Crippen molar-refractivity contribution in [1.82, 2.24) is 0 Å². The maximum Gasteiger partial charge on any atom is 0.131 e. The summed E-state index contributed by atoms with van der Waals surface area (Å²) in [5, 5.41) is 17.2. The minimum absolute atomic E-state index is 0.0988. The molecule has 0 N–H and O–H groups in total. The van der Waals surface area contributed by atoms with Gasteiger partial charge >= 0.3 is 0 Å². The van der Waals surface area contributed by atoms with E-state index in [9.17, 15) is 0 Å². The van der Waals surface area contributed by atoms with E-state index in [2.05, 4.69) is 0 Å². The minimum atomic E-state index is -0.107. The third-order valence-electron chi connectivity index (χ3n) is 2.13. The van der Waals surface area contributed by atoms with E-state index in [1.165, 1.54) is 0 Å². The lowest BCUT2D eigenvalue weighted by molar-refractivity contribution is 0.127. The zero-order valence-electron chi connectivity index (χ0n) is 6.32. The molecule has 58 valence electrons. The summed E-state index contributed by atoms with van der Waals surface area (Å²) in [7, 11) is 0. The van der Waals surface area contributed by atoms with Crippen LogP contribution in [0.3, 0.4) is 0 Å². The molecule has 3 heteroatoms. The summed E-state index contributed by atoms with van der Waals surface area (Å²) in [4.78, 5) is 0. The highest BCUT2D eigenvalue weighted by Crippen LogP contribution is 2.34. The Labute approximate surface area is 70.2 Å². The molecule has 0 aromatic rings. The Bertz CT molecular complexity index is 338. The quantitative estimate of drug-likeness (QED) is 0.391. The fourth-order valence-corrected chi connectivity index (χ4v) is 1.56. The molecule has 2 rings (SSSR count). The maximum atomic E-state index is 8.60. The van der Waals surface area contributed by atoms with Gasteiger partial charge in [-0.2, -0.15) is 10.5 Å². The summed E-state index contributed by atoms with van der Waals surface area (Å²) < 4.78 is 5.40. The highest BCUT2D eigenvalue weighted by molar-refractivity contribution is 5.46. The number of hydrogen-bond donors (Lipinski definition) is 0. The third-order valence-corrected chi connectivity index (χ3v) is 2.13. The summed E-state index contributed by atoms with van der Waals surface area (Å²) in [6.45, 7) is 0. The number of nitriles is 2. The molecular weight excluding hydrogens is 152 g/mol. The van der Waals surface area contributed by atoms with Crippen LogP contribution >= 0.6 is 0 Å². The maximum absolute atomic E-state index is 8.60. The molecule has 2 aliphatic heterocycles. The van der Waals surface area contributed by atoms with E-state index in [-0.39, 0.29) is 17.8 Å². The molecule has 1 fully saturated rings. The summed E-state index contributed by atoms with van der Waals surface area (Å²) >= 11 is 0. The molecule has 0 aromatic carbocycles. The van der Waals surface area contributed by atoms with Crippen LogP contribution in [0.4, 0.5) is 0 Å². The molecule has 0 saturated carbocycles. The molecule has 0 radical (unpaired) electrons. The first-order chi connectivity index (χ1) is 5.85. The Kier molecular flexibility index (Phi) is 1.46. The second-order valence-electron chi connectivity index (χ2n) is 2.81. The van der Waals surface area contributed by atoms with Gasteiger partial charge in [0.25, 0.3) is 0 Å². The van der Waals surface area contributed by atoms with E-state index in [0.29, 0.717) is 6.42 Å². The zero-order chi connectivity index (χ0) is 8.55. The Hall–Kier alpha value is -1.58. The molecule has 2 bridgehead atoms. The molecule has 1 saturated heterocycles. The molecule has 3 nitrogen and oxygen atoms in total. The van der Waals surface area contributed by atoms with Gasteiger partial charge < -0.3 is 4.74 Å². The van der Waals surface area contributed by atoms with Crippen molar-refractivity contribution in [3.8, 4) is 12.1 Å². The number of ether oxygens (including phenoxy) is 1. The third kappa shape index (κ3) is 0.845. The molecule has 0 aromatic heterocycles.